The quantitative estimate of drug-likeness (QED) is 0.233. The van der Waals surface area contributed by atoms with Crippen LogP contribution >= 0.6 is 0 Å². The third-order valence-corrected chi connectivity index (χ3v) is 14.4. The van der Waals surface area contributed by atoms with Crippen molar-refractivity contribution < 1.29 is 4.42 Å². The van der Waals surface area contributed by atoms with E-state index in [0.29, 0.717) is 0 Å². The highest BCUT2D eigenvalue weighted by molar-refractivity contribution is 6.15. The highest BCUT2D eigenvalue weighted by atomic mass is 16.3. The first-order valence-electron chi connectivity index (χ1n) is 17.7. The highest BCUT2D eigenvalue weighted by Gasteiger charge is 2.62. The molecular formula is C40H46O. The molecule has 4 aromatic rings. The van der Waals surface area contributed by atoms with Crippen molar-refractivity contribution in [2.45, 2.75) is 89.4 Å². The van der Waals surface area contributed by atoms with Gasteiger partial charge in [0.05, 0.1) is 0 Å². The van der Waals surface area contributed by atoms with Crippen molar-refractivity contribution in [2.75, 3.05) is 0 Å². The maximum absolute atomic E-state index is 6.54. The largest absolute Gasteiger partial charge is 0.455 e. The first-order chi connectivity index (χ1) is 20.3. The lowest BCUT2D eigenvalue weighted by molar-refractivity contribution is -0.189. The Morgan fingerprint density at radius 1 is 0.488 bits per heavy atom. The molecule has 1 aromatic heterocycles. The number of fused-ring (bicyclic) bond motifs is 11. The predicted molar refractivity (Wildman–Crippen MR) is 169 cm³/mol. The van der Waals surface area contributed by atoms with Gasteiger partial charge in [-0.2, -0.15) is 0 Å². The minimum atomic E-state index is 0.734. The van der Waals surface area contributed by atoms with Gasteiger partial charge in [-0.3, -0.25) is 0 Å². The second-order valence-electron chi connectivity index (χ2n) is 15.7. The SMILES string of the molecule is c1ccc2c(c1)ccc1c3cc(C4CC5C6CCCCC6C6CCCC7C8CCCCC8C(C4)C5C67)ccc3oc21. The van der Waals surface area contributed by atoms with Gasteiger partial charge in [0.2, 0.25) is 0 Å². The zero-order chi connectivity index (χ0) is 26.7. The van der Waals surface area contributed by atoms with Crippen LogP contribution in [0.15, 0.2) is 59.0 Å². The van der Waals surface area contributed by atoms with E-state index in [4.69, 9.17) is 4.42 Å². The summed E-state index contributed by atoms with van der Waals surface area (Å²) in [6, 6.07) is 20.7. The fraction of sp³-hybridized carbons (Fsp3) is 0.600. The standard InChI is InChI=1S/C40H46O/c1-2-9-26-23(8-1)16-18-33-34-20-24(17-19-37(34)41-40(26)33)25-21-35-29-12-5-3-10-27(29)31-14-7-15-32-28-11-4-6-13-30(28)36(22-25)39(35)38(31)32/h1-2,8-9,16-20,25,27-32,35-36,38-39H,3-7,10-15,21-22H2. The topological polar surface area (TPSA) is 13.1 Å². The summed E-state index contributed by atoms with van der Waals surface area (Å²) in [6.07, 6.45) is 19.9. The van der Waals surface area contributed by atoms with Crippen molar-refractivity contribution in [1.29, 1.82) is 0 Å². The molecule has 6 aliphatic carbocycles. The first-order valence-corrected chi connectivity index (χ1v) is 17.7. The maximum atomic E-state index is 6.54. The van der Waals surface area contributed by atoms with Crippen LogP contribution in [0.3, 0.4) is 0 Å². The third kappa shape index (κ3) is 3.41. The minimum Gasteiger partial charge on any atom is -0.455 e. The smallest absolute Gasteiger partial charge is 0.143 e. The van der Waals surface area contributed by atoms with Gasteiger partial charge in [0.15, 0.2) is 0 Å². The van der Waals surface area contributed by atoms with Crippen LogP contribution in [-0.2, 0) is 0 Å². The molecule has 0 amide bonds. The average molecular weight is 543 g/mol. The zero-order valence-electron chi connectivity index (χ0n) is 24.6. The number of benzene rings is 3. The molecule has 3 aromatic carbocycles. The Bertz CT molecular complexity index is 1580. The van der Waals surface area contributed by atoms with E-state index in [0.717, 1.165) is 76.3 Å². The molecule has 6 aliphatic rings. The van der Waals surface area contributed by atoms with Gasteiger partial charge < -0.3 is 4.42 Å². The number of hydrogen-bond acceptors (Lipinski definition) is 1. The van der Waals surface area contributed by atoms with Crippen molar-refractivity contribution in [2.24, 2.45) is 59.2 Å². The predicted octanol–water partition coefficient (Wildman–Crippen LogP) is 11.1. The van der Waals surface area contributed by atoms with Crippen molar-refractivity contribution in [3.63, 3.8) is 0 Å². The van der Waals surface area contributed by atoms with E-state index in [1.165, 1.54) is 60.1 Å². The Labute approximate surface area is 245 Å². The van der Waals surface area contributed by atoms with Crippen LogP contribution in [0.2, 0.25) is 0 Å². The second-order valence-corrected chi connectivity index (χ2v) is 15.7. The molecule has 0 saturated heterocycles. The van der Waals surface area contributed by atoms with E-state index < -0.39 is 0 Å². The zero-order valence-corrected chi connectivity index (χ0v) is 24.6. The van der Waals surface area contributed by atoms with Crippen molar-refractivity contribution in [1.82, 2.24) is 0 Å². The molecule has 1 heterocycles. The number of rotatable bonds is 1. The van der Waals surface area contributed by atoms with Gasteiger partial charge in [-0.15, -0.1) is 0 Å². The molecule has 0 radical (unpaired) electrons. The molecule has 1 heteroatoms. The molecule has 1 nitrogen and oxygen atoms in total. The van der Waals surface area contributed by atoms with Gasteiger partial charge in [-0.1, -0.05) is 68.5 Å². The maximum Gasteiger partial charge on any atom is 0.143 e. The third-order valence-electron chi connectivity index (χ3n) is 14.4. The monoisotopic (exact) mass is 542 g/mol. The molecule has 8 atom stereocenters. The Hall–Kier alpha value is -2.28. The lowest BCUT2D eigenvalue weighted by Gasteiger charge is -2.68. The van der Waals surface area contributed by atoms with E-state index in [1.54, 1.807) is 50.5 Å². The summed E-state index contributed by atoms with van der Waals surface area (Å²) in [5.74, 6) is 11.2. The van der Waals surface area contributed by atoms with E-state index in [1.807, 2.05) is 0 Å². The summed E-state index contributed by atoms with van der Waals surface area (Å²) >= 11 is 0. The van der Waals surface area contributed by atoms with Crippen LogP contribution in [0.5, 0.6) is 0 Å². The molecule has 0 N–H and O–H groups in total. The fourth-order valence-electron chi connectivity index (χ4n) is 13.3. The lowest BCUT2D eigenvalue weighted by atomic mass is 9.37. The molecule has 0 spiro atoms. The summed E-state index contributed by atoms with van der Waals surface area (Å²) in [7, 11) is 0. The number of furan rings is 1. The Morgan fingerprint density at radius 2 is 1.10 bits per heavy atom. The van der Waals surface area contributed by atoms with Gasteiger partial charge in [0.1, 0.15) is 11.2 Å². The van der Waals surface area contributed by atoms with E-state index in [9.17, 15) is 0 Å². The molecule has 6 saturated carbocycles. The summed E-state index contributed by atoms with van der Waals surface area (Å²) in [5, 5.41) is 5.17. The van der Waals surface area contributed by atoms with E-state index in [2.05, 4.69) is 54.6 Å². The number of hydrogen-bond donors (Lipinski definition) is 0. The molecule has 10 rings (SSSR count). The van der Waals surface area contributed by atoms with Crippen LogP contribution in [0.25, 0.3) is 32.7 Å². The van der Waals surface area contributed by atoms with Gasteiger partial charge in [0, 0.05) is 16.2 Å². The van der Waals surface area contributed by atoms with Crippen LogP contribution in [-0.4, -0.2) is 0 Å². The molecule has 212 valence electrons. The van der Waals surface area contributed by atoms with Gasteiger partial charge in [-0.05, 0) is 146 Å². The molecule has 6 fully saturated rings. The summed E-state index contributed by atoms with van der Waals surface area (Å²) in [6.45, 7) is 0. The molecule has 0 bridgehead atoms. The van der Waals surface area contributed by atoms with Crippen LogP contribution in [0.4, 0.5) is 0 Å². The Morgan fingerprint density at radius 3 is 1.80 bits per heavy atom. The van der Waals surface area contributed by atoms with Crippen LogP contribution in [0.1, 0.15) is 95.0 Å². The fourth-order valence-corrected chi connectivity index (χ4v) is 13.3. The van der Waals surface area contributed by atoms with E-state index >= 15 is 0 Å². The van der Waals surface area contributed by atoms with Crippen LogP contribution < -0.4 is 0 Å². The molecule has 8 unspecified atom stereocenters. The van der Waals surface area contributed by atoms with Crippen molar-refractivity contribution in [3.05, 3.63) is 60.2 Å². The minimum absolute atomic E-state index is 0.734. The summed E-state index contributed by atoms with van der Waals surface area (Å²) < 4.78 is 6.54. The van der Waals surface area contributed by atoms with Gasteiger partial charge in [-0.25, -0.2) is 0 Å². The van der Waals surface area contributed by atoms with Crippen LogP contribution in [0, 0.1) is 59.2 Å². The normalized spacial score (nSPS) is 41.6. The van der Waals surface area contributed by atoms with Gasteiger partial charge in [0.25, 0.3) is 0 Å². The second kappa shape index (κ2) is 9.11. The summed E-state index contributed by atoms with van der Waals surface area (Å²) in [4.78, 5) is 0. The van der Waals surface area contributed by atoms with E-state index in [-0.39, 0.29) is 0 Å². The van der Waals surface area contributed by atoms with Crippen molar-refractivity contribution >= 4 is 32.7 Å². The Kier molecular flexibility index (Phi) is 5.38. The first kappa shape index (κ1) is 24.2. The van der Waals surface area contributed by atoms with Gasteiger partial charge >= 0.3 is 0 Å². The van der Waals surface area contributed by atoms with Crippen molar-refractivity contribution in [3.8, 4) is 0 Å². The molecule has 0 aliphatic heterocycles. The summed E-state index contributed by atoms with van der Waals surface area (Å²) in [5.41, 5.74) is 3.76. The lowest BCUT2D eigenvalue weighted by Crippen LogP contribution is -2.61. The highest BCUT2D eigenvalue weighted by Crippen LogP contribution is 2.70. The Balaban J connectivity index is 1.09. The molecule has 41 heavy (non-hydrogen) atoms. The average Bonchev–Trinajstić information content (AvgIpc) is 3.43. The molecular weight excluding hydrogens is 496 g/mol.